The zero-order valence-electron chi connectivity index (χ0n) is 11.5. The smallest absolute Gasteiger partial charge is 0.477 e. The first-order valence-corrected chi connectivity index (χ1v) is 6.86. The van der Waals surface area contributed by atoms with Gasteiger partial charge in [-0.3, -0.25) is 0 Å². The lowest BCUT2D eigenvalue weighted by molar-refractivity contribution is -0.367. The standard InChI is InChI=1S/C10H20O7Si/c1-7-9(3)10(8-2)14-18(15-11-4,16-12-5)17-13-6/h7-8H,1-6H3. The summed E-state index contributed by atoms with van der Waals surface area (Å²) in [5.41, 5.74) is 0.869. The van der Waals surface area contributed by atoms with E-state index in [-0.39, 0.29) is 0 Å². The molecule has 106 valence electrons. The Hall–Kier alpha value is -0.743. The van der Waals surface area contributed by atoms with Crippen molar-refractivity contribution in [2.45, 2.75) is 20.8 Å². The van der Waals surface area contributed by atoms with E-state index >= 15 is 0 Å². The Labute approximate surface area is 108 Å². The molecule has 0 aliphatic rings. The van der Waals surface area contributed by atoms with Crippen LogP contribution in [0.1, 0.15) is 20.8 Å². The summed E-state index contributed by atoms with van der Waals surface area (Å²) in [6.45, 7) is 5.53. The van der Waals surface area contributed by atoms with Crippen molar-refractivity contribution < 1.29 is 32.8 Å². The number of hydrogen-bond donors (Lipinski definition) is 0. The maximum Gasteiger partial charge on any atom is 0.834 e. The maximum absolute atomic E-state index is 5.55. The third-order valence-electron chi connectivity index (χ3n) is 1.88. The first-order valence-electron chi connectivity index (χ1n) is 5.23. The van der Waals surface area contributed by atoms with Crippen molar-refractivity contribution >= 4 is 9.05 Å². The fourth-order valence-electron chi connectivity index (χ4n) is 1.04. The quantitative estimate of drug-likeness (QED) is 0.210. The lowest BCUT2D eigenvalue weighted by atomic mass is 10.2. The second-order valence-corrected chi connectivity index (χ2v) is 4.68. The van der Waals surface area contributed by atoms with Crippen molar-refractivity contribution in [1.29, 1.82) is 0 Å². The minimum Gasteiger partial charge on any atom is -0.477 e. The molecule has 0 saturated heterocycles. The summed E-state index contributed by atoms with van der Waals surface area (Å²) in [7, 11) is 0.144. The summed E-state index contributed by atoms with van der Waals surface area (Å²) in [5, 5.41) is 0. The summed E-state index contributed by atoms with van der Waals surface area (Å²) in [6.07, 6.45) is 3.59. The average molecular weight is 280 g/mol. The molecule has 0 aromatic carbocycles. The molecule has 0 heterocycles. The Kier molecular flexibility index (Phi) is 8.84. The summed E-state index contributed by atoms with van der Waals surface area (Å²) < 4.78 is 20.2. The van der Waals surface area contributed by atoms with Crippen molar-refractivity contribution in [2.75, 3.05) is 21.3 Å². The normalized spacial score (nSPS) is 13.9. The molecule has 0 rings (SSSR count). The second-order valence-electron chi connectivity index (χ2n) is 2.98. The van der Waals surface area contributed by atoms with Gasteiger partial charge < -0.3 is 4.43 Å². The highest BCUT2D eigenvalue weighted by Crippen LogP contribution is 2.21. The van der Waals surface area contributed by atoms with E-state index in [1.165, 1.54) is 21.3 Å². The van der Waals surface area contributed by atoms with Crippen LogP contribution in [-0.2, 0) is 32.8 Å². The lowest BCUT2D eigenvalue weighted by Crippen LogP contribution is -2.48. The molecule has 8 heteroatoms. The van der Waals surface area contributed by atoms with Gasteiger partial charge in [0, 0.05) is 0 Å². The largest absolute Gasteiger partial charge is 0.834 e. The van der Waals surface area contributed by atoms with Gasteiger partial charge in [-0.1, -0.05) is 6.08 Å². The molecule has 0 aromatic rings. The summed E-state index contributed by atoms with van der Waals surface area (Å²) in [4.78, 5) is 13.7. The molecule has 7 nitrogen and oxygen atoms in total. The van der Waals surface area contributed by atoms with Gasteiger partial charge in [0.1, 0.15) is 5.76 Å². The highest BCUT2D eigenvalue weighted by molar-refractivity contribution is 6.53. The van der Waals surface area contributed by atoms with Crippen molar-refractivity contribution in [3.8, 4) is 0 Å². The van der Waals surface area contributed by atoms with Crippen LogP contribution in [0.2, 0.25) is 0 Å². The monoisotopic (exact) mass is 280 g/mol. The minimum absolute atomic E-state index is 0.510. The molecule has 0 N–H and O–H groups in total. The maximum atomic E-state index is 5.55. The molecule has 0 aromatic heterocycles. The van der Waals surface area contributed by atoms with Crippen LogP contribution in [0.3, 0.4) is 0 Å². The molecule has 0 fully saturated rings. The van der Waals surface area contributed by atoms with Crippen molar-refractivity contribution in [2.24, 2.45) is 0 Å². The molecular formula is C10H20O7Si. The van der Waals surface area contributed by atoms with E-state index in [2.05, 4.69) is 14.7 Å². The van der Waals surface area contributed by atoms with E-state index in [1.807, 2.05) is 19.9 Å². The van der Waals surface area contributed by atoms with Gasteiger partial charge in [0.25, 0.3) is 0 Å². The van der Waals surface area contributed by atoms with Gasteiger partial charge in [0.05, 0.1) is 21.3 Å². The van der Waals surface area contributed by atoms with Crippen LogP contribution < -0.4 is 0 Å². The van der Waals surface area contributed by atoms with Crippen molar-refractivity contribution in [3.05, 3.63) is 23.5 Å². The van der Waals surface area contributed by atoms with Gasteiger partial charge in [-0.25, -0.2) is 14.7 Å². The molecule has 0 radical (unpaired) electrons. The Balaban J connectivity index is 5.05. The highest BCUT2D eigenvalue weighted by atomic mass is 28.4. The number of allylic oxidation sites excluding steroid dienone is 3. The molecule has 0 amide bonds. The highest BCUT2D eigenvalue weighted by Gasteiger charge is 2.55. The molecule has 0 aliphatic heterocycles. The van der Waals surface area contributed by atoms with Gasteiger partial charge in [-0.2, -0.15) is 13.7 Å². The van der Waals surface area contributed by atoms with Crippen LogP contribution in [0.15, 0.2) is 23.5 Å². The Morgan fingerprint density at radius 3 is 1.56 bits per heavy atom. The van der Waals surface area contributed by atoms with Crippen LogP contribution in [0.25, 0.3) is 0 Å². The predicted octanol–water partition coefficient (Wildman–Crippen LogP) is 2.04. The van der Waals surface area contributed by atoms with Crippen LogP contribution in [0.4, 0.5) is 0 Å². The van der Waals surface area contributed by atoms with Gasteiger partial charge in [-0.05, 0) is 32.4 Å². The van der Waals surface area contributed by atoms with E-state index < -0.39 is 9.05 Å². The SMILES string of the molecule is CC=C(C)C(=CC)O[Si](OOC)(OOC)OOC. The van der Waals surface area contributed by atoms with Crippen molar-refractivity contribution in [3.63, 3.8) is 0 Å². The molecular weight excluding hydrogens is 260 g/mol. The predicted molar refractivity (Wildman–Crippen MR) is 64.3 cm³/mol. The van der Waals surface area contributed by atoms with Gasteiger partial charge in [0.2, 0.25) is 0 Å². The van der Waals surface area contributed by atoms with Gasteiger partial charge in [-0.15, -0.1) is 0 Å². The Morgan fingerprint density at radius 2 is 1.28 bits per heavy atom. The fraction of sp³-hybridized carbons (Fsp3) is 0.600. The first kappa shape index (κ1) is 17.3. The summed E-state index contributed by atoms with van der Waals surface area (Å²) >= 11 is 0. The van der Waals surface area contributed by atoms with E-state index in [0.717, 1.165) is 5.57 Å². The molecule has 0 bridgehead atoms. The fourth-order valence-corrected chi connectivity index (χ4v) is 2.39. The molecule has 0 aliphatic carbocycles. The van der Waals surface area contributed by atoms with Crippen LogP contribution >= 0.6 is 0 Å². The van der Waals surface area contributed by atoms with Crippen LogP contribution in [0.5, 0.6) is 0 Å². The van der Waals surface area contributed by atoms with E-state index in [4.69, 9.17) is 18.2 Å². The van der Waals surface area contributed by atoms with E-state index in [1.54, 1.807) is 13.0 Å². The van der Waals surface area contributed by atoms with Gasteiger partial charge >= 0.3 is 9.05 Å². The zero-order chi connectivity index (χ0) is 14.0. The lowest BCUT2D eigenvalue weighted by Gasteiger charge is -2.24. The summed E-state index contributed by atoms with van der Waals surface area (Å²) in [6, 6.07) is 0. The molecule has 0 unspecified atom stereocenters. The summed E-state index contributed by atoms with van der Waals surface area (Å²) in [5.74, 6) is 0.510. The topological polar surface area (TPSA) is 64.6 Å². The van der Waals surface area contributed by atoms with Crippen LogP contribution in [0, 0.1) is 0 Å². The van der Waals surface area contributed by atoms with Gasteiger partial charge in [0.15, 0.2) is 0 Å². The average Bonchev–Trinajstić information content (AvgIpc) is 2.36. The zero-order valence-corrected chi connectivity index (χ0v) is 12.5. The molecule has 18 heavy (non-hydrogen) atoms. The van der Waals surface area contributed by atoms with Crippen LogP contribution in [-0.4, -0.2) is 30.4 Å². The molecule has 0 saturated carbocycles. The second kappa shape index (κ2) is 9.22. The van der Waals surface area contributed by atoms with E-state index in [9.17, 15) is 0 Å². The number of hydrogen-bond acceptors (Lipinski definition) is 7. The third kappa shape index (κ3) is 5.27. The third-order valence-corrected chi connectivity index (χ3v) is 3.46. The van der Waals surface area contributed by atoms with E-state index in [0.29, 0.717) is 5.76 Å². The van der Waals surface area contributed by atoms with Crippen molar-refractivity contribution in [1.82, 2.24) is 0 Å². The Bertz CT molecular complexity index is 273. The molecule has 0 spiro atoms. The Morgan fingerprint density at radius 1 is 0.833 bits per heavy atom. The first-order chi connectivity index (χ1) is 8.59. The molecule has 0 atom stereocenters. The minimum atomic E-state index is -3.73. The number of rotatable bonds is 9.